The van der Waals surface area contributed by atoms with Crippen LogP contribution in [0.15, 0.2) is 53.4 Å². The van der Waals surface area contributed by atoms with Crippen LogP contribution in [-0.2, 0) is 23.0 Å². The Balaban J connectivity index is 1.88. The Morgan fingerprint density at radius 3 is 2.52 bits per heavy atom. The second-order valence-corrected chi connectivity index (χ2v) is 7.15. The molecule has 2 aromatic carbocycles. The van der Waals surface area contributed by atoms with Crippen LogP contribution in [0.1, 0.15) is 11.1 Å². The van der Waals surface area contributed by atoms with E-state index in [1.54, 1.807) is 0 Å². The standard InChI is InChI=1S/C16H15F2NO3S/c17-16(18)22-14-6-3-7-15(10-14)23(20,21)19-9-8-12-4-1-2-5-13(12)11-19/h1-7,10,16H,8-9,11H2. The summed E-state index contributed by atoms with van der Waals surface area (Å²) in [6.45, 7) is -2.35. The van der Waals surface area contributed by atoms with Crippen LogP contribution in [0.25, 0.3) is 0 Å². The van der Waals surface area contributed by atoms with Crippen molar-refractivity contribution in [2.75, 3.05) is 6.54 Å². The number of benzene rings is 2. The maximum absolute atomic E-state index is 12.7. The van der Waals surface area contributed by atoms with Crippen LogP contribution in [0.3, 0.4) is 0 Å². The van der Waals surface area contributed by atoms with Gasteiger partial charge in [-0.3, -0.25) is 0 Å². The summed E-state index contributed by atoms with van der Waals surface area (Å²) >= 11 is 0. The van der Waals surface area contributed by atoms with E-state index in [9.17, 15) is 17.2 Å². The highest BCUT2D eigenvalue weighted by Crippen LogP contribution is 2.27. The highest BCUT2D eigenvalue weighted by molar-refractivity contribution is 7.89. The van der Waals surface area contributed by atoms with Crippen molar-refractivity contribution in [3.63, 3.8) is 0 Å². The van der Waals surface area contributed by atoms with Gasteiger partial charge in [-0.05, 0) is 29.7 Å². The largest absolute Gasteiger partial charge is 0.435 e. The van der Waals surface area contributed by atoms with E-state index in [4.69, 9.17) is 0 Å². The molecule has 23 heavy (non-hydrogen) atoms. The molecule has 0 saturated heterocycles. The van der Waals surface area contributed by atoms with Gasteiger partial charge >= 0.3 is 6.61 Å². The van der Waals surface area contributed by atoms with E-state index in [0.717, 1.165) is 17.2 Å². The van der Waals surface area contributed by atoms with E-state index in [-0.39, 0.29) is 17.2 Å². The van der Waals surface area contributed by atoms with Crippen molar-refractivity contribution in [3.8, 4) is 5.75 Å². The minimum absolute atomic E-state index is 0.0463. The average molecular weight is 339 g/mol. The van der Waals surface area contributed by atoms with E-state index in [0.29, 0.717) is 13.0 Å². The molecule has 1 aliphatic rings. The van der Waals surface area contributed by atoms with E-state index >= 15 is 0 Å². The maximum atomic E-state index is 12.7. The Bertz CT molecular complexity index is 808. The Morgan fingerprint density at radius 2 is 1.78 bits per heavy atom. The monoisotopic (exact) mass is 339 g/mol. The molecule has 0 unspecified atom stereocenters. The van der Waals surface area contributed by atoms with Gasteiger partial charge in [-0.15, -0.1) is 0 Å². The molecule has 0 saturated carbocycles. The van der Waals surface area contributed by atoms with Crippen LogP contribution in [0.2, 0.25) is 0 Å². The first-order chi connectivity index (χ1) is 11.0. The molecule has 2 aromatic rings. The predicted molar refractivity (Wildman–Crippen MR) is 80.8 cm³/mol. The van der Waals surface area contributed by atoms with E-state index in [1.807, 2.05) is 24.3 Å². The SMILES string of the molecule is O=S(=O)(c1cccc(OC(F)F)c1)N1CCc2ccccc2C1. The minimum atomic E-state index is -3.75. The fourth-order valence-electron chi connectivity index (χ4n) is 2.63. The summed E-state index contributed by atoms with van der Waals surface area (Å²) in [4.78, 5) is -0.0463. The molecular weight excluding hydrogens is 324 g/mol. The molecule has 1 aliphatic heterocycles. The molecule has 0 amide bonds. The molecule has 0 bridgehead atoms. The van der Waals surface area contributed by atoms with Crippen molar-refractivity contribution in [2.24, 2.45) is 0 Å². The molecule has 0 atom stereocenters. The third-order valence-corrected chi connectivity index (χ3v) is 5.61. The van der Waals surface area contributed by atoms with Crippen molar-refractivity contribution in [1.82, 2.24) is 4.31 Å². The van der Waals surface area contributed by atoms with Crippen LogP contribution >= 0.6 is 0 Å². The number of alkyl halides is 2. The average Bonchev–Trinajstić information content (AvgIpc) is 2.54. The molecule has 0 radical (unpaired) electrons. The molecule has 0 fully saturated rings. The fourth-order valence-corrected chi connectivity index (χ4v) is 4.09. The maximum Gasteiger partial charge on any atom is 0.387 e. The number of fused-ring (bicyclic) bond motifs is 1. The van der Waals surface area contributed by atoms with E-state index in [2.05, 4.69) is 4.74 Å². The number of rotatable bonds is 4. The zero-order valence-corrected chi connectivity index (χ0v) is 13.0. The second kappa shape index (κ2) is 6.25. The number of hydrogen-bond donors (Lipinski definition) is 0. The Kier molecular flexibility index (Phi) is 4.32. The van der Waals surface area contributed by atoms with Crippen LogP contribution < -0.4 is 4.74 Å². The molecule has 1 heterocycles. The van der Waals surface area contributed by atoms with Gasteiger partial charge in [-0.2, -0.15) is 13.1 Å². The fraction of sp³-hybridized carbons (Fsp3) is 0.250. The van der Waals surface area contributed by atoms with Crippen LogP contribution in [-0.4, -0.2) is 25.9 Å². The summed E-state index contributed by atoms with van der Waals surface area (Å²) in [6, 6.07) is 12.9. The molecular formula is C16H15F2NO3S. The van der Waals surface area contributed by atoms with E-state index in [1.165, 1.54) is 22.5 Å². The summed E-state index contributed by atoms with van der Waals surface area (Å²) in [7, 11) is -3.75. The Labute approximate surface area is 133 Å². The van der Waals surface area contributed by atoms with Gasteiger partial charge in [0.2, 0.25) is 10.0 Å². The molecule has 0 aromatic heterocycles. The lowest BCUT2D eigenvalue weighted by Crippen LogP contribution is -2.35. The molecule has 122 valence electrons. The first-order valence-electron chi connectivity index (χ1n) is 7.08. The summed E-state index contributed by atoms with van der Waals surface area (Å²) in [5, 5.41) is 0. The molecule has 0 aliphatic carbocycles. The first-order valence-corrected chi connectivity index (χ1v) is 8.52. The topological polar surface area (TPSA) is 46.6 Å². The highest BCUT2D eigenvalue weighted by atomic mass is 32.2. The predicted octanol–water partition coefficient (Wildman–Crippen LogP) is 3.04. The zero-order chi connectivity index (χ0) is 16.4. The molecule has 3 rings (SSSR count). The Morgan fingerprint density at radius 1 is 1.04 bits per heavy atom. The molecule has 0 spiro atoms. The van der Waals surface area contributed by atoms with Gasteiger partial charge in [0.1, 0.15) is 5.75 Å². The molecule has 4 nitrogen and oxygen atoms in total. The van der Waals surface area contributed by atoms with E-state index < -0.39 is 16.6 Å². The highest BCUT2D eigenvalue weighted by Gasteiger charge is 2.28. The van der Waals surface area contributed by atoms with Gasteiger partial charge < -0.3 is 4.74 Å². The van der Waals surface area contributed by atoms with Gasteiger partial charge in [0.25, 0.3) is 0 Å². The lowest BCUT2D eigenvalue weighted by molar-refractivity contribution is -0.0500. The Hall–Kier alpha value is -1.99. The number of halogens is 2. The van der Waals surface area contributed by atoms with Crippen molar-refractivity contribution in [3.05, 3.63) is 59.7 Å². The minimum Gasteiger partial charge on any atom is -0.435 e. The summed E-state index contributed by atoms with van der Waals surface area (Å²) in [6.07, 6.45) is 0.628. The lowest BCUT2D eigenvalue weighted by atomic mass is 10.0. The van der Waals surface area contributed by atoms with Gasteiger partial charge in [0.05, 0.1) is 4.90 Å². The zero-order valence-electron chi connectivity index (χ0n) is 12.2. The van der Waals surface area contributed by atoms with Gasteiger partial charge in [0, 0.05) is 19.2 Å². The lowest BCUT2D eigenvalue weighted by Gasteiger charge is -2.28. The van der Waals surface area contributed by atoms with Crippen LogP contribution in [0, 0.1) is 0 Å². The quantitative estimate of drug-likeness (QED) is 0.860. The summed E-state index contributed by atoms with van der Waals surface area (Å²) < 4.78 is 55.6. The molecule has 0 N–H and O–H groups in total. The number of ether oxygens (including phenoxy) is 1. The number of hydrogen-bond acceptors (Lipinski definition) is 3. The van der Waals surface area contributed by atoms with Crippen molar-refractivity contribution in [1.29, 1.82) is 0 Å². The van der Waals surface area contributed by atoms with Crippen LogP contribution in [0.4, 0.5) is 8.78 Å². The summed E-state index contributed by atoms with van der Waals surface area (Å²) in [5.41, 5.74) is 2.09. The summed E-state index contributed by atoms with van der Waals surface area (Å²) in [5.74, 6) is -0.168. The van der Waals surface area contributed by atoms with Gasteiger partial charge in [-0.1, -0.05) is 30.3 Å². The number of sulfonamides is 1. The normalized spacial score (nSPS) is 15.4. The first kappa shape index (κ1) is 15.9. The number of nitrogens with zero attached hydrogens (tertiary/aromatic N) is 1. The van der Waals surface area contributed by atoms with Gasteiger partial charge in [-0.25, -0.2) is 8.42 Å². The van der Waals surface area contributed by atoms with Crippen molar-refractivity contribution >= 4 is 10.0 Å². The van der Waals surface area contributed by atoms with Crippen molar-refractivity contribution < 1.29 is 21.9 Å². The van der Waals surface area contributed by atoms with Gasteiger partial charge in [0.15, 0.2) is 0 Å². The smallest absolute Gasteiger partial charge is 0.387 e. The van der Waals surface area contributed by atoms with Crippen molar-refractivity contribution in [2.45, 2.75) is 24.5 Å². The third kappa shape index (κ3) is 3.35. The second-order valence-electron chi connectivity index (χ2n) is 5.21. The van der Waals surface area contributed by atoms with Crippen LogP contribution in [0.5, 0.6) is 5.75 Å². The third-order valence-electron chi connectivity index (χ3n) is 3.76. The molecule has 7 heteroatoms.